The third-order valence-corrected chi connectivity index (χ3v) is 2.37. The second kappa shape index (κ2) is 5.07. The van der Waals surface area contributed by atoms with E-state index in [-0.39, 0.29) is 0 Å². The van der Waals surface area contributed by atoms with Crippen LogP contribution in [-0.4, -0.2) is 55.2 Å². The zero-order valence-corrected chi connectivity index (χ0v) is 8.55. The Labute approximate surface area is 80.0 Å². The lowest BCUT2D eigenvalue weighted by Gasteiger charge is -2.34. The van der Waals surface area contributed by atoms with Gasteiger partial charge in [0.15, 0.2) is 5.96 Å². The highest BCUT2D eigenvalue weighted by Crippen LogP contribution is 2.01. The summed E-state index contributed by atoms with van der Waals surface area (Å²) in [6.07, 6.45) is 0. The van der Waals surface area contributed by atoms with Crippen LogP contribution < -0.4 is 0 Å². The van der Waals surface area contributed by atoms with Crippen molar-refractivity contribution in [2.75, 3.05) is 39.4 Å². The zero-order chi connectivity index (χ0) is 9.68. The monoisotopic (exact) mass is 185 g/mol. The van der Waals surface area contributed by atoms with Crippen molar-refractivity contribution in [1.29, 1.82) is 5.41 Å². The van der Waals surface area contributed by atoms with Gasteiger partial charge in [-0.1, -0.05) is 0 Å². The van der Waals surface area contributed by atoms with Gasteiger partial charge >= 0.3 is 0 Å². The minimum atomic E-state index is 0.647. The number of guanidine groups is 1. The Morgan fingerprint density at radius 2 is 1.85 bits per heavy atom. The fourth-order valence-corrected chi connectivity index (χ4v) is 1.50. The topological polar surface area (TPSA) is 39.6 Å². The summed E-state index contributed by atoms with van der Waals surface area (Å²) in [5, 5.41) is 7.94. The van der Waals surface area contributed by atoms with Gasteiger partial charge in [-0.15, -0.1) is 0 Å². The van der Waals surface area contributed by atoms with Crippen molar-refractivity contribution in [2.45, 2.75) is 13.8 Å². The van der Waals surface area contributed by atoms with Crippen LogP contribution in [0.1, 0.15) is 13.8 Å². The molecule has 1 N–H and O–H groups in total. The van der Waals surface area contributed by atoms with Crippen molar-refractivity contribution in [3.8, 4) is 0 Å². The molecule has 0 spiro atoms. The molecule has 1 saturated heterocycles. The molecule has 0 bridgehead atoms. The van der Waals surface area contributed by atoms with Crippen molar-refractivity contribution in [2.24, 2.45) is 0 Å². The van der Waals surface area contributed by atoms with E-state index in [1.807, 2.05) is 0 Å². The fourth-order valence-electron chi connectivity index (χ4n) is 1.50. The van der Waals surface area contributed by atoms with Crippen molar-refractivity contribution >= 4 is 5.96 Å². The molecule has 0 amide bonds. The fraction of sp³-hybridized carbons (Fsp3) is 0.889. The number of hydrogen-bond donors (Lipinski definition) is 1. The maximum absolute atomic E-state index is 7.94. The molecule has 76 valence electrons. The predicted molar refractivity (Wildman–Crippen MR) is 53.0 cm³/mol. The SMILES string of the molecule is CCN(CC)C(=N)N1CCOCC1. The van der Waals surface area contributed by atoms with Crippen LogP contribution in [0.3, 0.4) is 0 Å². The lowest BCUT2D eigenvalue weighted by atomic mass is 10.4. The lowest BCUT2D eigenvalue weighted by molar-refractivity contribution is 0.0620. The molecule has 1 aliphatic heterocycles. The molecule has 0 unspecified atom stereocenters. The number of morpholine rings is 1. The molecule has 1 fully saturated rings. The van der Waals surface area contributed by atoms with E-state index in [4.69, 9.17) is 10.1 Å². The van der Waals surface area contributed by atoms with E-state index >= 15 is 0 Å². The van der Waals surface area contributed by atoms with E-state index in [2.05, 4.69) is 23.6 Å². The van der Waals surface area contributed by atoms with Gasteiger partial charge < -0.3 is 14.5 Å². The third-order valence-electron chi connectivity index (χ3n) is 2.37. The zero-order valence-electron chi connectivity index (χ0n) is 8.55. The first-order chi connectivity index (χ1) is 6.29. The Kier molecular flexibility index (Phi) is 4.02. The summed E-state index contributed by atoms with van der Waals surface area (Å²) in [4.78, 5) is 4.14. The molecule has 0 radical (unpaired) electrons. The molecule has 0 aliphatic carbocycles. The summed E-state index contributed by atoms with van der Waals surface area (Å²) in [6.45, 7) is 9.20. The lowest BCUT2D eigenvalue weighted by Crippen LogP contribution is -2.48. The van der Waals surface area contributed by atoms with E-state index in [0.29, 0.717) is 5.96 Å². The first-order valence-corrected chi connectivity index (χ1v) is 4.95. The number of nitrogens with zero attached hydrogens (tertiary/aromatic N) is 2. The van der Waals surface area contributed by atoms with Crippen LogP contribution in [0.15, 0.2) is 0 Å². The molecule has 0 aromatic carbocycles. The smallest absolute Gasteiger partial charge is 0.193 e. The average molecular weight is 185 g/mol. The number of ether oxygens (including phenoxy) is 1. The highest BCUT2D eigenvalue weighted by molar-refractivity contribution is 5.76. The van der Waals surface area contributed by atoms with E-state index in [9.17, 15) is 0 Å². The summed E-state index contributed by atoms with van der Waals surface area (Å²) in [7, 11) is 0. The highest BCUT2D eigenvalue weighted by atomic mass is 16.5. The van der Waals surface area contributed by atoms with Crippen LogP contribution >= 0.6 is 0 Å². The van der Waals surface area contributed by atoms with Gasteiger partial charge in [-0.05, 0) is 13.8 Å². The molecular weight excluding hydrogens is 166 g/mol. The van der Waals surface area contributed by atoms with E-state index in [1.165, 1.54) is 0 Å². The van der Waals surface area contributed by atoms with Crippen LogP contribution in [0.2, 0.25) is 0 Å². The Hall–Kier alpha value is -0.770. The summed E-state index contributed by atoms with van der Waals surface area (Å²) in [6, 6.07) is 0. The van der Waals surface area contributed by atoms with Gasteiger partial charge in [0.2, 0.25) is 0 Å². The summed E-state index contributed by atoms with van der Waals surface area (Å²) in [5.74, 6) is 0.647. The van der Waals surface area contributed by atoms with Gasteiger partial charge in [0.05, 0.1) is 13.2 Å². The van der Waals surface area contributed by atoms with E-state index < -0.39 is 0 Å². The maximum Gasteiger partial charge on any atom is 0.193 e. The van der Waals surface area contributed by atoms with Crippen LogP contribution in [-0.2, 0) is 4.74 Å². The largest absolute Gasteiger partial charge is 0.378 e. The van der Waals surface area contributed by atoms with Gasteiger partial charge in [-0.2, -0.15) is 0 Å². The first-order valence-electron chi connectivity index (χ1n) is 4.95. The minimum Gasteiger partial charge on any atom is -0.378 e. The Morgan fingerprint density at radius 1 is 1.31 bits per heavy atom. The molecule has 1 rings (SSSR count). The molecule has 1 aliphatic rings. The van der Waals surface area contributed by atoms with Gasteiger partial charge in [-0.3, -0.25) is 5.41 Å². The normalized spacial score (nSPS) is 17.2. The van der Waals surface area contributed by atoms with Crippen LogP contribution in [0.5, 0.6) is 0 Å². The molecule has 4 nitrogen and oxygen atoms in total. The number of rotatable bonds is 2. The number of hydrogen-bond acceptors (Lipinski definition) is 2. The highest BCUT2D eigenvalue weighted by Gasteiger charge is 2.16. The van der Waals surface area contributed by atoms with E-state index in [0.717, 1.165) is 39.4 Å². The average Bonchev–Trinajstić information content (AvgIpc) is 2.21. The van der Waals surface area contributed by atoms with Crippen molar-refractivity contribution in [1.82, 2.24) is 9.80 Å². The minimum absolute atomic E-state index is 0.647. The number of nitrogens with one attached hydrogen (secondary N) is 1. The Morgan fingerprint density at radius 3 is 2.31 bits per heavy atom. The third kappa shape index (κ3) is 2.59. The van der Waals surface area contributed by atoms with Crippen LogP contribution in [0, 0.1) is 5.41 Å². The molecular formula is C9H19N3O. The predicted octanol–water partition coefficient (Wildman–Crippen LogP) is 0.595. The van der Waals surface area contributed by atoms with Gasteiger partial charge in [0.25, 0.3) is 0 Å². The molecule has 13 heavy (non-hydrogen) atoms. The standard InChI is InChI=1S/C9H19N3O/c1-3-11(4-2)9(10)12-5-7-13-8-6-12/h10H,3-8H2,1-2H3. The molecule has 0 saturated carbocycles. The molecule has 1 heterocycles. The maximum atomic E-state index is 7.94. The van der Waals surface area contributed by atoms with Gasteiger partial charge in [0, 0.05) is 26.2 Å². The van der Waals surface area contributed by atoms with E-state index in [1.54, 1.807) is 0 Å². The van der Waals surface area contributed by atoms with Crippen LogP contribution in [0.25, 0.3) is 0 Å². The quantitative estimate of drug-likeness (QED) is 0.505. The molecule has 0 aromatic rings. The summed E-state index contributed by atoms with van der Waals surface area (Å²) < 4.78 is 5.24. The summed E-state index contributed by atoms with van der Waals surface area (Å²) >= 11 is 0. The Balaban J connectivity index is 2.44. The molecule has 4 heteroatoms. The molecule has 0 aromatic heterocycles. The van der Waals surface area contributed by atoms with Crippen molar-refractivity contribution in [3.63, 3.8) is 0 Å². The van der Waals surface area contributed by atoms with Crippen LogP contribution in [0.4, 0.5) is 0 Å². The first kappa shape index (κ1) is 10.3. The van der Waals surface area contributed by atoms with Gasteiger partial charge in [-0.25, -0.2) is 0 Å². The second-order valence-electron chi connectivity index (χ2n) is 3.10. The van der Waals surface area contributed by atoms with Crippen molar-refractivity contribution in [3.05, 3.63) is 0 Å². The summed E-state index contributed by atoms with van der Waals surface area (Å²) in [5.41, 5.74) is 0. The Bertz CT molecular complexity index is 162. The molecule has 0 atom stereocenters. The van der Waals surface area contributed by atoms with Crippen molar-refractivity contribution < 1.29 is 4.74 Å². The second-order valence-corrected chi connectivity index (χ2v) is 3.10. The van der Waals surface area contributed by atoms with Gasteiger partial charge in [0.1, 0.15) is 0 Å².